The Morgan fingerprint density at radius 3 is 1.64 bits per heavy atom. The van der Waals surface area contributed by atoms with Crippen molar-refractivity contribution >= 4 is 54.1 Å². The van der Waals surface area contributed by atoms with E-state index in [0.29, 0.717) is 0 Å². The highest BCUT2D eigenvalue weighted by Gasteiger charge is 2.19. The van der Waals surface area contributed by atoms with Gasteiger partial charge in [0, 0.05) is 16.5 Å². The van der Waals surface area contributed by atoms with Crippen LogP contribution < -0.4 is 0 Å². The van der Waals surface area contributed by atoms with Crippen LogP contribution in [0.4, 0.5) is 0 Å². The molecular weight excluding hydrogens is 542 g/mol. The Balaban J connectivity index is 1.39. The van der Waals surface area contributed by atoms with Gasteiger partial charge in [-0.1, -0.05) is 139 Å². The zero-order chi connectivity index (χ0) is 30.1. The fourth-order valence-electron chi connectivity index (χ4n) is 7.50. The lowest BCUT2D eigenvalue weighted by Gasteiger charge is -2.20. The van der Waals surface area contributed by atoms with Gasteiger partial charge in [0.25, 0.3) is 0 Å². The Morgan fingerprint density at radius 1 is 0.378 bits per heavy atom. The van der Waals surface area contributed by atoms with E-state index in [0.717, 1.165) is 0 Å². The second-order valence-corrected chi connectivity index (χ2v) is 12.3. The van der Waals surface area contributed by atoms with Crippen molar-refractivity contribution in [2.45, 2.75) is 13.8 Å². The van der Waals surface area contributed by atoms with Crippen molar-refractivity contribution in [3.8, 4) is 27.9 Å². The Labute approximate surface area is 262 Å². The highest BCUT2D eigenvalue weighted by atomic mass is 15.0. The normalized spacial score (nSPS) is 11.8. The van der Waals surface area contributed by atoms with Crippen LogP contribution in [0.5, 0.6) is 0 Å². The van der Waals surface area contributed by atoms with Crippen molar-refractivity contribution in [2.75, 3.05) is 0 Å². The summed E-state index contributed by atoms with van der Waals surface area (Å²) in [6.07, 6.45) is 0. The maximum Gasteiger partial charge on any atom is 0.0541 e. The summed E-state index contributed by atoms with van der Waals surface area (Å²) in [6.45, 7) is 4.41. The van der Waals surface area contributed by atoms with Crippen LogP contribution in [-0.4, -0.2) is 4.57 Å². The van der Waals surface area contributed by atoms with Gasteiger partial charge in [0.15, 0.2) is 0 Å². The minimum absolute atomic E-state index is 1.17. The highest BCUT2D eigenvalue weighted by Crippen LogP contribution is 2.46. The van der Waals surface area contributed by atoms with Crippen molar-refractivity contribution in [1.29, 1.82) is 0 Å². The lowest BCUT2D eigenvalue weighted by molar-refractivity contribution is 1.18. The lowest BCUT2D eigenvalue weighted by Crippen LogP contribution is -1.96. The molecule has 0 aliphatic rings. The zero-order valence-corrected chi connectivity index (χ0v) is 25.4. The quantitative estimate of drug-likeness (QED) is 0.185. The molecule has 0 saturated carbocycles. The summed E-state index contributed by atoms with van der Waals surface area (Å²) in [4.78, 5) is 0. The first kappa shape index (κ1) is 25.8. The van der Waals surface area contributed by atoms with Crippen LogP contribution >= 0.6 is 0 Å². The Morgan fingerprint density at radius 2 is 0.933 bits per heavy atom. The van der Waals surface area contributed by atoms with Gasteiger partial charge in [-0.2, -0.15) is 0 Å². The second-order valence-electron chi connectivity index (χ2n) is 12.3. The van der Waals surface area contributed by atoms with Gasteiger partial charge in [0.2, 0.25) is 0 Å². The third-order valence-electron chi connectivity index (χ3n) is 9.46. The first-order chi connectivity index (χ1) is 22.2. The summed E-state index contributed by atoms with van der Waals surface area (Å²) < 4.78 is 2.42. The topological polar surface area (TPSA) is 4.93 Å². The highest BCUT2D eigenvalue weighted by molar-refractivity contribution is 6.23. The molecule has 1 nitrogen and oxygen atoms in total. The van der Waals surface area contributed by atoms with Crippen LogP contribution in [-0.2, 0) is 0 Å². The van der Waals surface area contributed by atoms with Crippen LogP contribution in [0.25, 0.3) is 82.1 Å². The minimum Gasteiger partial charge on any atom is -0.309 e. The molecule has 0 aliphatic carbocycles. The van der Waals surface area contributed by atoms with Crippen molar-refractivity contribution < 1.29 is 0 Å². The summed E-state index contributed by atoms with van der Waals surface area (Å²) in [5.41, 5.74) is 11.2. The lowest BCUT2D eigenvalue weighted by atomic mass is 9.83. The molecule has 0 unspecified atom stereocenters. The molecule has 0 aliphatic heterocycles. The number of aromatic nitrogens is 1. The smallest absolute Gasteiger partial charge is 0.0541 e. The molecule has 0 radical (unpaired) electrons. The minimum atomic E-state index is 1.17. The predicted molar refractivity (Wildman–Crippen MR) is 194 cm³/mol. The van der Waals surface area contributed by atoms with E-state index in [4.69, 9.17) is 0 Å². The molecule has 1 heterocycles. The Bertz CT molecular complexity index is 2560. The number of fused-ring (bicyclic) bond motifs is 6. The molecule has 45 heavy (non-hydrogen) atoms. The molecule has 1 aromatic heterocycles. The number of benzene rings is 8. The third-order valence-corrected chi connectivity index (χ3v) is 9.46. The van der Waals surface area contributed by atoms with Crippen molar-refractivity contribution in [2.24, 2.45) is 0 Å². The van der Waals surface area contributed by atoms with Crippen molar-refractivity contribution in [1.82, 2.24) is 4.57 Å². The number of aryl methyl sites for hydroxylation is 2. The average molecular weight is 574 g/mol. The van der Waals surface area contributed by atoms with Crippen LogP contribution in [0.3, 0.4) is 0 Å². The molecule has 0 amide bonds. The monoisotopic (exact) mass is 573 g/mol. The summed E-state index contributed by atoms with van der Waals surface area (Å²) in [6, 6.07) is 56.0. The molecule has 8 aromatic carbocycles. The van der Waals surface area contributed by atoms with E-state index in [1.165, 1.54) is 93.2 Å². The number of para-hydroxylation sites is 2. The first-order valence-electron chi connectivity index (χ1n) is 15.7. The molecule has 9 aromatic rings. The maximum absolute atomic E-state index is 2.42. The number of nitrogens with zero attached hydrogens (tertiary/aromatic N) is 1. The molecule has 9 rings (SSSR count). The van der Waals surface area contributed by atoms with Crippen LogP contribution in [0.15, 0.2) is 152 Å². The SMILES string of the molecule is Cc1ccc2c(-c3cccc4ccccc34)c3cc(C)ccc3c(-c3cccc(-n4c5ccccc5c5ccccc54)c3)c2c1. The summed E-state index contributed by atoms with van der Waals surface area (Å²) >= 11 is 0. The molecule has 0 N–H and O–H groups in total. The molecule has 0 spiro atoms. The van der Waals surface area contributed by atoms with Gasteiger partial charge in [0.05, 0.1) is 11.0 Å². The van der Waals surface area contributed by atoms with E-state index in [9.17, 15) is 0 Å². The summed E-state index contributed by atoms with van der Waals surface area (Å²) in [5.74, 6) is 0. The van der Waals surface area contributed by atoms with Gasteiger partial charge in [0.1, 0.15) is 0 Å². The zero-order valence-electron chi connectivity index (χ0n) is 25.4. The fourth-order valence-corrected chi connectivity index (χ4v) is 7.50. The van der Waals surface area contributed by atoms with Crippen LogP contribution in [0, 0.1) is 13.8 Å². The number of hydrogen-bond acceptors (Lipinski definition) is 0. The van der Waals surface area contributed by atoms with Crippen LogP contribution in [0.2, 0.25) is 0 Å². The van der Waals surface area contributed by atoms with E-state index >= 15 is 0 Å². The Hall–Kier alpha value is -5.66. The molecule has 0 atom stereocenters. The second kappa shape index (κ2) is 9.94. The fraction of sp³-hybridized carbons (Fsp3) is 0.0455. The summed E-state index contributed by atoms with van der Waals surface area (Å²) in [5, 5.41) is 10.2. The van der Waals surface area contributed by atoms with Crippen LogP contribution in [0.1, 0.15) is 11.1 Å². The molecule has 0 fully saturated rings. The standard InChI is InChI=1S/C44H31N/c1-28-22-24-38-39(25-28)43(37-23-21-29(2)26-40(37)44(38)36-18-10-12-30-11-3-4-15-33(30)36)31-13-9-14-32(27-31)45-41-19-7-5-16-34(41)35-17-6-8-20-42(35)45/h3-27H,1-2H3. The average Bonchev–Trinajstić information content (AvgIpc) is 3.41. The number of hydrogen-bond donors (Lipinski definition) is 0. The predicted octanol–water partition coefficient (Wildman–Crippen LogP) is 12.2. The van der Waals surface area contributed by atoms with Gasteiger partial charge in [-0.15, -0.1) is 0 Å². The summed E-state index contributed by atoms with van der Waals surface area (Å²) in [7, 11) is 0. The third kappa shape index (κ3) is 3.94. The molecule has 212 valence electrons. The first-order valence-corrected chi connectivity index (χ1v) is 15.7. The molecular formula is C44H31N. The van der Waals surface area contributed by atoms with E-state index in [2.05, 4.69) is 170 Å². The van der Waals surface area contributed by atoms with E-state index in [1.807, 2.05) is 0 Å². The van der Waals surface area contributed by atoms with Gasteiger partial charge in [-0.25, -0.2) is 0 Å². The largest absolute Gasteiger partial charge is 0.309 e. The molecule has 1 heteroatoms. The van der Waals surface area contributed by atoms with E-state index < -0.39 is 0 Å². The molecule has 0 saturated heterocycles. The number of rotatable bonds is 3. The van der Waals surface area contributed by atoms with Gasteiger partial charge >= 0.3 is 0 Å². The maximum atomic E-state index is 2.42. The van der Waals surface area contributed by atoms with Gasteiger partial charge in [-0.3, -0.25) is 0 Å². The van der Waals surface area contributed by atoms with Gasteiger partial charge in [-0.05, 0) is 92.7 Å². The van der Waals surface area contributed by atoms with Gasteiger partial charge < -0.3 is 4.57 Å². The van der Waals surface area contributed by atoms with E-state index in [1.54, 1.807) is 0 Å². The van der Waals surface area contributed by atoms with Crippen molar-refractivity contribution in [3.63, 3.8) is 0 Å². The molecule has 0 bridgehead atoms. The van der Waals surface area contributed by atoms with E-state index in [-0.39, 0.29) is 0 Å². The van der Waals surface area contributed by atoms with Crippen molar-refractivity contribution in [3.05, 3.63) is 163 Å². The Kier molecular flexibility index (Phi) is 5.70.